The van der Waals surface area contributed by atoms with Crippen LogP contribution < -0.4 is 5.32 Å². The third-order valence-corrected chi connectivity index (χ3v) is 5.51. The molecule has 0 radical (unpaired) electrons. The molecule has 1 fully saturated rings. The van der Waals surface area contributed by atoms with Gasteiger partial charge in [-0.15, -0.1) is 0 Å². The predicted octanol–water partition coefficient (Wildman–Crippen LogP) is 5.33. The Morgan fingerprint density at radius 3 is 2.79 bits per heavy atom. The third-order valence-electron chi connectivity index (χ3n) is 5.28. The zero-order valence-electron chi connectivity index (χ0n) is 15.9. The number of anilines is 1. The van der Waals surface area contributed by atoms with Crippen LogP contribution in [0, 0.1) is 0 Å². The van der Waals surface area contributed by atoms with Gasteiger partial charge in [-0.2, -0.15) is 0 Å². The molecule has 0 spiro atoms. The minimum atomic E-state index is 0.232. The van der Waals surface area contributed by atoms with E-state index in [-0.39, 0.29) is 6.10 Å². The van der Waals surface area contributed by atoms with Crippen LogP contribution >= 0.6 is 11.6 Å². The first-order valence-electron chi connectivity index (χ1n) is 9.82. The van der Waals surface area contributed by atoms with Gasteiger partial charge >= 0.3 is 0 Å². The van der Waals surface area contributed by atoms with Crippen LogP contribution in [-0.4, -0.2) is 33.8 Å². The molecule has 4 aromatic rings. The van der Waals surface area contributed by atoms with Crippen molar-refractivity contribution in [2.45, 2.75) is 18.9 Å². The van der Waals surface area contributed by atoms with E-state index in [0.717, 1.165) is 59.7 Å². The van der Waals surface area contributed by atoms with Crippen molar-refractivity contribution in [1.82, 2.24) is 14.5 Å². The van der Waals surface area contributed by atoms with Gasteiger partial charge in [-0.1, -0.05) is 48.0 Å². The second kappa shape index (κ2) is 7.85. The number of hydrogen-bond donors (Lipinski definition) is 1. The second-order valence-corrected chi connectivity index (χ2v) is 7.63. The number of nitrogens with zero attached hydrogens (tertiary/aromatic N) is 3. The average Bonchev–Trinajstić information content (AvgIpc) is 3.41. The van der Waals surface area contributed by atoms with E-state index in [0.29, 0.717) is 5.02 Å². The molecule has 1 saturated heterocycles. The van der Waals surface area contributed by atoms with Crippen LogP contribution in [0.15, 0.2) is 67.1 Å². The summed E-state index contributed by atoms with van der Waals surface area (Å²) in [7, 11) is 0. The minimum absolute atomic E-state index is 0.232. The van der Waals surface area contributed by atoms with Gasteiger partial charge in [-0.25, -0.2) is 9.97 Å². The van der Waals surface area contributed by atoms with Gasteiger partial charge in [0.15, 0.2) is 5.65 Å². The molecule has 2 aromatic carbocycles. The summed E-state index contributed by atoms with van der Waals surface area (Å²) in [6, 6.07) is 18.1. The molecule has 1 atom stereocenters. The molecular weight excluding hydrogens is 384 g/mol. The van der Waals surface area contributed by atoms with Crippen LogP contribution in [0.25, 0.3) is 27.8 Å². The van der Waals surface area contributed by atoms with E-state index in [9.17, 15) is 0 Å². The fourth-order valence-electron chi connectivity index (χ4n) is 3.87. The van der Waals surface area contributed by atoms with Crippen molar-refractivity contribution in [3.63, 3.8) is 0 Å². The quantitative estimate of drug-likeness (QED) is 0.488. The number of benzene rings is 2. The Labute approximate surface area is 174 Å². The molecule has 6 heteroatoms. The van der Waals surface area contributed by atoms with Gasteiger partial charge in [-0.05, 0) is 36.6 Å². The van der Waals surface area contributed by atoms with Crippen LogP contribution in [0.2, 0.25) is 5.02 Å². The molecule has 5 rings (SSSR count). The molecule has 1 aliphatic heterocycles. The van der Waals surface area contributed by atoms with Crippen LogP contribution in [-0.2, 0) is 4.74 Å². The van der Waals surface area contributed by atoms with E-state index in [2.05, 4.69) is 38.2 Å². The van der Waals surface area contributed by atoms with Crippen molar-refractivity contribution in [2.75, 3.05) is 18.5 Å². The lowest BCUT2D eigenvalue weighted by Crippen LogP contribution is -2.19. The number of halogens is 1. The van der Waals surface area contributed by atoms with Crippen molar-refractivity contribution in [3.05, 3.63) is 72.1 Å². The van der Waals surface area contributed by atoms with Crippen LogP contribution in [0.1, 0.15) is 12.8 Å². The highest BCUT2D eigenvalue weighted by molar-refractivity contribution is 6.30. The van der Waals surface area contributed by atoms with E-state index in [4.69, 9.17) is 16.3 Å². The maximum atomic E-state index is 6.25. The average molecular weight is 405 g/mol. The molecule has 1 unspecified atom stereocenters. The fourth-order valence-corrected chi connectivity index (χ4v) is 4.06. The number of fused-ring (bicyclic) bond motifs is 1. The summed E-state index contributed by atoms with van der Waals surface area (Å²) < 4.78 is 7.84. The lowest BCUT2D eigenvalue weighted by molar-refractivity contribution is 0.120. The van der Waals surface area contributed by atoms with Gasteiger partial charge in [0.2, 0.25) is 0 Å². The first-order valence-corrected chi connectivity index (χ1v) is 10.2. The van der Waals surface area contributed by atoms with Gasteiger partial charge in [0.1, 0.15) is 12.1 Å². The van der Waals surface area contributed by atoms with Gasteiger partial charge < -0.3 is 14.6 Å². The molecule has 146 valence electrons. The first-order chi connectivity index (χ1) is 14.3. The van der Waals surface area contributed by atoms with Crippen molar-refractivity contribution in [3.8, 4) is 16.8 Å². The van der Waals surface area contributed by atoms with Gasteiger partial charge in [0.05, 0.1) is 11.5 Å². The summed E-state index contributed by atoms with van der Waals surface area (Å²) in [6.07, 6.45) is 6.14. The van der Waals surface area contributed by atoms with Crippen molar-refractivity contribution >= 4 is 28.5 Å². The van der Waals surface area contributed by atoms with E-state index < -0.39 is 0 Å². The first kappa shape index (κ1) is 18.2. The normalized spacial score (nSPS) is 16.4. The third kappa shape index (κ3) is 3.59. The Balaban J connectivity index is 1.66. The standard InChI is InChI=1S/C23H21ClN4O/c24-17-8-4-9-18(12-17)28-14-20(16-6-2-1-3-7-16)21-22(26-15-27-23(21)28)25-13-19-10-5-11-29-19/h1-4,6-9,12,14-15,19H,5,10-11,13H2,(H,25,26,27). The maximum Gasteiger partial charge on any atom is 0.150 e. The largest absolute Gasteiger partial charge is 0.376 e. The Hall–Kier alpha value is -2.89. The fraction of sp³-hybridized carbons (Fsp3) is 0.217. The molecule has 0 bridgehead atoms. The highest BCUT2D eigenvalue weighted by atomic mass is 35.5. The van der Waals surface area contributed by atoms with E-state index in [1.165, 1.54) is 0 Å². The molecule has 0 aliphatic carbocycles. The van der Waals surface area contributed by atoms with Crippen molar-refractivity contribution in [1.29, 1.82) is 0 Å². The van der Waals surface area contributed by atoms with Gasteiger partial charge in [-0.3, -0.25) is 0 Å². The molecule has 2 aromatic heterocycles. The maximum absolute atomic E-state index is 6.25. The number of nitrogens with one attached hydrogen (secondary N) is 1. The van der Waals surface area contributed by atoms with Crippen molar-refractivity contribution in [2.24, 2.45) is 0 Å². The number of ether oxygens (including phenoxy) is 1. The zero-order valence-corrected chi connectivity index (χ0v) is 16.6. The molecule has 0 saturated carbocycles. The lowest BCUT2D eigenvalue weighted by atomic mass is 10.1. The van der Waals surface area contributed by atoms with E-state index >= 15 is 0 Å². The van der Waals surface area contributed by atoms with Crippen molar-refractivity contribution < 1.29 is 4.74 Å². The highest BCUT2D eigenvalue weighted by Crippen LogP contribution is 2.35. The molecule has 0 amide bonds. The van der Waals surface area contributed by atoms with Crippen LogP contribution in [0.4, 0.5) is 5.82 Å². The zero-order chi connectivity index (χ0) is 19.6. The number of aromatic nitrogens is 3. The van der Waals surface area contributed by atoms with Crippen LogP contribution in [0.3, 0.4) is 0 Å². The summed E-state index contributed by atoms with van der Waals surface area (Å²) in [6.45, 7) is 1.58. The Morgan fingerprint density at radius 1 is 1.10 bits per heavy atom. The monoisotopic (exact) mass is 404 g/mol. The smallest absolute Gasteiger partial charge is 0.150 e. The summed E-state index contributed by atoms with van der Waals surface area (Å²) in [5.74, 6) is 0.824. The SMILES string of the molecule is Clc1cccc(-n2cc(-c3ccccc3)c3c(NCC4CCCO4)ncnc32)c1. The number of hydrogen-bond acceptors (Lipinski definition) is 4. The van der Waals surface area contributed by atoms with E-state index in [1.54, 1.807) is 6.33 Å². The molecule has 5 nitrogen and oxygen atoms in total. The number of rotatable bonds is 5. The predicted molar refractivity (Wildman–Crippen MR) is 117 cm³/mol. The van der Waals surface area contributed by atoms with Gasteiger partial charge in [0.25, 0.3) is 0 Å². The van der Waals surface area contributed by atoms with Crippen LogP contribution in [0.5, 0.6) is 0 Å². The Morgan fingerprint density at radius 2 is 2.00 bits per heavy atom. The molecule has 29 heavy (non-hydrogen) atoms. The Bertz CT molecular complexity index is 1140. The highest BCUT2D eigenvalue weighted by Gasteiger charge is 2.20. The summed E-state index contributed by atoms with van der Waals surface area (Å²) in [4.78, 5) is 9.17. The summed E-state index contributed by atoms with van der Waals surface area (Å²) in [5.41, 5.74) is 4.01. The molecule has 3 heterocycles. The minimum Gasteiger partial charge on any atom is -0.376 e. The van der Waals surface area contributed by atoms with E-state index in [1.807, 2.05) is 42.5 Å². The topological polar surface area (TPSA) is 52.0 Å². The molecular formula is C23H21ClN4O. The molecule has 1 N–H and O–H groups in total. The van der Waals surface area contributed by atoms with Gasteiger partial charge in [0, 0.05) is 35.6 Å². The summed E-state index contributed by atoms with van der Waals surface area (Å²) >= 11 is 6.25. The molecule has 1 aliphatic rings. The second-order valence-electron chi connectivity index (χ2n) is 7.20. The Kier molecular flexibility index (Phi) is 4.92. The lowest BCUT2D eigenvalue weighted by Gasteiger charge is -2.12. The summed E-state index contributed by atoms with van der Waals surface area (Å²) in [5, 5.41) is 5.19.